The van der Waals surface area contributed by atoms with Gasteiger partial charge in [-0.05, 0) is 57.5 Å². The molecule has 0 aliphatic carbocycles. The lowest BCUT2D eigenvalue weighted by Crippen LogP contribution is -2.17. The van der Waals surface area contributed by atoms with Gasteiger partial charge in [-0.2, -0.15) is 4.98 Å². The first-order valence-corrected chi connectivity index (χ1v) is 11.9. The van der Waals surface area contributed by atoms with Crippen LogP contribution >= 0.6 is 11.6 Å². The number of aryl methyl sites for hydroxylation is 1. The summed E-state index contributed by atoms with van der Waals surface area (Å²) < 4.78 is 38.9. The van der Waals surface area contributed by atoms with Gasteiger partial charge < -0.3 is 9.47 Å². The van der Waals surface area contributed by atoms with Crippen LogP contribution < -0.4 is 9.46 Å². The Balaban J connectivity index is 2.08. The average molecular weight is 490 g/mol. The van der Waals surface area contributed by atoms with Crippen LogP contribution in [-0.2, 0) is 14.8 Å². The summed E-state index contributed by atoms with van der Waals surface area (Å²) in [6.07, 6.45) is -0.0803. The van der Waals surface area contributed by atoms with Crippen molar-refractivity contribution in [2.45, 2.75) is 38.7 Å². The number of methoxy groups -OCH3 is 1. The van der Waals surface area contributed by atoms with Crippen molar-refractivity contribution in [2.75, 3.05) is 11.8 Å². The fourth-order valence-corrected chi connectivity index (χ4v) is 4.32. The van der Waals surface area contributed by atoms with E-state index in [4.69, 9.17) is 16.3 Å². The molecule has 1 N–H and O–H groups in total. The van der Waals surface area contributed by atoms with Crippen molar-refractivity contribution in [2.24, 2.45) is 0 Å². The van der Waals surface area contributed by atoms with Gasteiger partial charge in [0.2, 0.25) is 5.95 Å². The number of halogens is 1. The highest BCUT2D eigenvalue weighted by molar-refractivity contribution is 7.92. The maximum Gasteiger partial charge on any atom is 0.337 e. The van der Waals surface area contributed by atoms with E-state index in [-0.39, 0.29) is 27.7 Å². The van der Waals surface area contributed by atoms with Crippen LogP contribution in [0.2, 0.25) is 5.15 Å². The number of nitrogens with one attached hydrogen (secondary N) is 1. The summed E-state index contributed by atoms with van der Waals surface area (Å²) in [5.41, 5.74) is 2.70. The van der Waals surface area contributed by atoms with Crippen LogP contribution in [-0.4, -0.2) is 37.6 Å². The van der Waals surface area contributed by atoms with Gasteiger partial charge in [0.05, 0.1) is 29.4 Å². The van der Waals surface area contributed by atoms with Gasteiger partial charge in [-0.1, -0.05) is 29.8 Å². The molecular weight excluding hydrogens is 466 g/mol. The quantitative estimate of drug-likeness (QED) is 0.375. The third-order valence-corrected chi connectivity index (χ3v) is 6.41. The number of esters is 1. The lowest BCUT2D eigenvalue weighted by molar-refractivity contribution is 0.0600. The third kappa shape index (κ3) is 5.43. The summed E-state index contributed by atoms with van der Waals surface area (Å²) >= 11 is 6.35. The highest BCUT2D eigenvalue weighted by atomic mass is 35.5. The summed E-state index contributed by atoms with van der Waals surface area (Å²) in [4.78, 5) is 20.2. The van der Waals surface area contributed by atoms with Crippen LogP contribution in [0.1, 0.15) is 35.3 Å². The van der Waals surface area contributed by atoms with Gasteiger partial charge in [0.1, 0.15) is 10.9 Å². The molecule has 0 saturated carbocycles. The molecule has 0 unspecified atom stereocenters. The number of hydrogen-bond donors (Lipinski definition) is 1. The molecule has 1 heterocycles. The Morgan fingerprint density at radius 3 is 2.45 bits per heavy atom. The van der Waals surface area contributed by atoms with Crippen LogP contribution in [0.4, 0.5) is 5.95 Å². The number of aromatic nitrogens is 2. The monoisotopic (exact) mass is 489 g/mol. The molecule has 8 nitrogen and oxygen atoms in total. The number of ether oxygens (including phenoxy) is 2. The third-order valence-electron chi connectivity index (χ3n) is 4.71. The maximum atomic E-state index is 13.0. The molecule has 0 fully saturated rings. The topological polar surface area (TPSA) is 107 Å². The van der Waals surface area contributed by atoms with Crippen molar-refractivity contribution < 1.29 is 22.7 Å². The van der Waals surface area contributed by atoms with Crippen molar-refractivity contribution in [3.63, 3.8) is 0 Å². The number of carbonyl (C=O) groups excluding carboxylic acids is 1. The van der Waals surface area contributed by atoms with Gasteiger partial charge in [0, 0.05) is 11.1 Å². The number of carbonyl (C=O) groups is 1. The standard InChI is InChI=1S/C23H24ClN3O5S/c1-13(2)32-18-11-6-8-14(3)19(18)20-15(4)21(24)26-23(25-20)27-33(29,30)17-10-7-9-16(12-17)22(28)31-5/h6-13H,1-5H3,(H,25,26,27). The SMILES string of the molecule is COC(=O)c1cccc(S(=O)(=O)Nc2nc(Cl)c(C)c(-c3c(C)cccc3OC(C)C)n2)c1. The summed E-state index contributed by atoms with van der Waals surface area (Å²) in [5.74, 6) is -0.258. The molecule has 174 valence electrons. The molecule has 2 aromatic carbocycles. The first kappa shape index (κ1) is 24.5. The molecule has 33 heavy (non-hydrogen) atoms. The van der Waals surface area contributed by atoms with E-state index in [1.165, 1.54) is 31.4 Å². The zero-order chi connectivity index (χ0) is 24.3. The summed E-state index contributed by atoms with van der Waals surface area (Å²) in [6, 6.07) is 11.0. The zero-order valence-electron chi connectivity index (χ0n) is 18.8. The molecule has 10 heteroatoms. The fraction of sp³-hybridized carbons (Fsp3) is 0.261. The second-order valence-corrected chi connectivity index (χ2v) is 9.59. The van der Waals surface area contributed by atoms with Crippen LogP contribution in [0.3, 0.4) is 0 Å². The van der Waals surface area contributed by atoms with Gasteiger partial charge in [0.15, 0.2) is 0 Å². The normalized spacial score (nSPS) is 11.4. The molecule has 1 aromatic heterocycles. The molecular formula is C23H24ClN3O5S. The van der Waals surface area contributed by atoms with Crippen LogP contribution in [0.15, 0.2) is 47.4 Å². The van der Waals surface area contributed by atoms with E-state index in [1.54, 1.807) is 6.92 Å². The fourth-order valence-electron chi connectivity index (χ4n) is 3.16. The number of sulfonamides is 1. The lowest BCUT2D eigenvalue weighted by atomic mass is 10.0. The van der Waals surface area contributed by atoms with Crippen molar-refractivity contribution in [1.29, 1.82) is 0 Å². The predicted octanol–water partition coefficient (Wildman–Crippen LogP) is 4.79. The Morgan fingerprint density at radius 2 is 1.79 bits per heavy atom. The zero-order valence-corrected chi connectivity index (χ0v) is 20.4. The molecule has 0 saturated heterocycles. The van der Waals surface area contributed by atoms with E-state index in [0.29, 0.717) is 22.6 Å². The minimum atomic E-state index is -4.12. The maximum absolute atomic E-state index is 13.0. The van der Waals surface area contributed by atoms with E-state index >= 15 is 0 Å². The Kier molecular flexibility index (Phi) is 7.24. The number of nitrogens with zero attached hydrogens (tertiary/aromatic N) is 2. The molecule has 3 aromatic rings. The Labute approximate surface area is 198 Å². The second-order valence-electron chi connectivity index (χ2n) is 7.55. The number of hydrogen-bond acceptors (Lipinski definition) is 7. The molecule has 0 aliphatic heterocycles. The first-order chi connectivity index (χ1) is 15.5. The van der Waals surface area contributed by atoms with Gasteiger partial charge >= 0.3 is 5.97 Å². The summed E-state index contributed by atoms with van der Waals surface area (Å²) in [7, 11) is -2.90. The second kappa shape index (κ2) is 9.76. The average Bonchev–Trinajstić information content (AvgIpc) is 2.75. The van der Waals surface area contributed by atoms with Gasteiger partial charge in [0.25, 0.3) is 10.0 Å². The van der Waals surface area contributed by atoms with Crippen LogP contribution in [0.25, 0.3) is 11.3 Å². The smallest absolute Gasteiger partial charge is 0.337 e. The molecule has 0 aliphatic rings. The Morgan fingerprint density at radius 1 is 1.09 bits per heavy atom. The highest BCUT2D eigenvalue weighted by Crippen LogP contribution is 2.37. The van der Waals surface area contributed by atoms with Gasteiger partial charge in [-0.25, -0.2) is 22.9 Å². The Hall–Kier alpha value is -3.17. The number of anilines is 1. The van der Waals surface area contributed by atoms with Gasteiger partial charge in [-0.15, -0.1) is 0 Å². The van der Waals surface area contributed by atoms with Crippen molar-refractivity contribution >= 4 is 33.5 Å². The molecule has 3 rings (SSSR count). The van der Waals surface area contributed by atoms with Crippen LogP contribution in [0, 0.1) is 13.8 Å². The van der Waals surface area contributed by atoms with E-state index in [9.17, 15) is 13.2 Å². The lowest BCUT2D eigenvalue weighted by Gasteiger charge is -2.18. The predicted molar refractivity (Wildman–Crippen MR) is 126 cm³/mol. The largest absolute Gasteiger partial charge is 0.490 e. The molecule has 0 atom stereocenters. The first-order valence-electron chi connectivity index (χ1n) is 10.1. The Bertz CT molecular complexity index is 1310. The molecule has 0 spiro atoms. The van der Waals surface area contributed by atoms with Gasteiger partial charge in [-0.3, -0.25) is 0 Å². The van der Waals surface area contributed by atoms with E-state index in [1.807, 2.05) is 39.0 Å². The van der Waals surface area contributed by atoms with E-state index < -0.39 is 16.0 Å². The molecule has 0 bridgehead atoms. The van der Waals surface area contributed by atoms with Crippen molar-refractivity contribution in [1.82, 2.24) is 9.97 Å². The summed E-state index contributed by atoms with van der Waals surface area (Å²) in [6.45, 7) is 7.48. The summed E-state index contributed by atoms with van der Waals surface area (Å²) in [5, 5.41) is 0.0970. The number of rotatable bonds is 7. The molecule has 0 amide bonds. The number of benzene rings is 2. The minimum absolute atomic E-state index is 0.0803. The van der Waals surface area contributed by atoms with Crippen molar-refractivity contribution in [3.8, 4) is 17.0 Å². The highest BCUT2D eigenvalue weighted by Gasteiger charge is 2.22. The van der Waals surface area contributed by atoms with E-state index in [2.05, 4.69) is 19.4 Å². The van der Waals surface area contributed by atoms with Crippen molar-refractivity contribution in [3.05, 3.63) is 64.3 Å². The van der Waals surface area contributed by atoms with Crippen LogP contribution in [0.5, 0.6) is 5.75 Å². The minimum Gasteiger partial charge on any atom is -0.490 e. The van der Waals surface area contributed by atoms with E-state index in [0.717, 1.165) is 5.56 Å². The molecule has 0 radical (unpaired) electrons.